The van der Waals surface area contributed by atoms with Crippen LogP contribution in [0.5, 0.6) is 0 Å². The molecule has 0 spiro atoms. The molecule has 0 aromatic carbocycles. The van der Waals surface area contributed by atoms with Gasteiger partial charge in [0, 0.05) is 0 Å². The van der Waals surface area contributed by atoms with Gasteiger partial charge in [0.15, 0.2) is 0 Å². The van der Waals surface area contributed by atoms with Gasteiger partial charge in [-0.25, -0.2) is 4.90 Å². The Morgan fingerprint density at radius 2 is 1.78 bits per heavy atom. The van der Waals surface area contributed by atoms with E-state index < -0.39 is 11.3 Å². The zero-order valence-corrected chi connectivity index (χ0v) is 11.9. The largest absolute Gasteiger partial charge is 0.312 e. The Hall–Kier alpha value is -1.67. The highest BCUT2D eigenvalue weighted by Gasteiger charge is 2.52. The molecule has 0 aromatic rings. The molecule has 2 amide bonds. The van der Waals surface area contributed by atoms with Crippen LogP contribution in [0.2, 0.25) is 0 Å². The topological polar surface area (TPSA) is 64.4 Å². The van der Waals surface area contributed by atoms with Crippen LogP contribution < -0.4 is 0 Å². The van der Waals surface area contributed by atoms with Crippen molar-refractivity contribution in [3.63, 3.8) is 0 Å². The number of allylic oxidation sites excluding steroid dienone is 1. The molecule has 18 heavy (non-hydrogen) atoms. The Kier molecular flexibility index (Phi) is 5.25. The lowest BCUT2D eigenvalue weighted by molar-refractivity contribution is -0.138. The molecule has 1 heterocycles. The van der Waals surface area contributed by atoms with Crippen molar-refractivity contribution in [1.29, 1.82) is 5.26 Å². The van der Waals surface area contributed by atoms with Gasteiger partial charge in [0.2, 0.25) is 11.8 Å². The molecule has 1 aliphatic heterocycles. The van der Waals surface area contributed by atoms with Crippen molar-refractivity contribution in [1.82, 2.24) is 9.80 Å². The Balaban J connectivity index is 0.000000631. The van der Waals surface area contributed by atoms with E-state index >= 15 is 0 Å². The summed E-state index contributed by atoms with van der Waals surface area (Å²) in [6.07, 6.45) is 0. The lowest BCUT2D eigenvalue weighted by Gasteiger charge is -2.17. The van der Waals surface area contributed by atoms with Crippen molar-refractivity contribution in [2.45, 2.75) is 20.8 Å². The molecule has 0 N–H and O–H groups in total. The first-order valence-corrected chi connectivity index (χ1v) is 5.65. The molecule has 1 saturated heterocycles. The standard InChI is InChI=1S/C10H12N2O2.C3H9N/c1-6(5-11)12-8(13)7(2)10(3,4)9(12)14;1-4(2)3/h7H,1H2,2-4H3;1-3H3. The van der Waals surface area contributed by atoms with Gasteiger partial charge < -0.3 is 4.90 Å². The van der Waals surface area contributed by atoms with Crippen LogP contribution in [0.4, 0.5) is 0 Å². The number of likely N-dealkylation sites (tertiary alicyclic amines) is 1. The number of nitriles is 1. The van der Waals surface area contributed by atoms with E-state index in [0.717, 1.165) is 4.90 Å². The van der Waals surface area contributed by atoms with Crippen molar-refractivity contribution in [2.75, 3.05) is 21.1 Å². The van der Waals surface area contributed by atoms with Gasteiger partial charge in [-0.3, -0.25) is 9.59 Å². The second-order valence-corrected chi connectivity index (χ2v) is 5.32. The Morgan fingerprint density at radius 1 is 1.39 bits per heavy atom. The minimum absolute atomic E-state index is 0.0996. The summed E-state index contributed by atoms with van der Waals surface area (Å²) in [5, 5.41) is 8.59. The second-order valence-electron chi connectivity index (χ2n) is 5.32. The van der Waals surface area contributed by atoms with E-state index in [4.69, 9.17) is 5.26 Å². The molecule has 1 atom stereocenters. The summed E-state index contributed by atoms with van der Waals surface area (Å²) in [5.41, 5.74) is -0.839. The summed E-state index contributed by atoms with van der Waals surface area (Å²) in [6, 6.07) is 1.72. The van der Waals surface area contributed by atoms with Crippen molar-refractivity contribution in [3.05, 3.63) is 12.3 Å². The maximum Gasteiger partial charge on any atom is 0.240 e. The molecular weight excluding hydrogens is 230 g/mol. The van der Waals surface area contributed by atoms with Crippen LogP contribution >= 0.6 is 0 Å². The second kappa shape index (κ2) is 5.78. The van der Waals surface area contributed by atoms with Gasteiger partial charge in [-0.05, 0) is 21.1 Å². The zero-order valence-electron chi connectivity index (χ0n) is 11.9. The average molecular weight is 251 g/mol. The number of hydrogen-bond donors (Lipinski definition) is 0. The fraction of sp³-hybridized carbons (Fsp3) is 0.615. The summed E-state index contributed by atoms with van der Waals surface area (Å²) >= 11 is 0. The molecule has 0 aliphatic carbocycles. The van der Waals surface area contributed by atoms with Crippen LogP contribution in [0.25, 0.3) is 0 Å². The number of carbonyl (C=O) groups excluding carboxylic acids is 2. The van der Waals surface area contributed by atoms with Gasteiger partial charge in [-0.2, -0.15) is 5.26 Å². The van der Waals surface area contributed by atoms with Crippen LogP contribution in [-0.4, -0.2) is 42.8 Å². The Bertz CT molecular complexity index is 402. The number of nitrogens with zero attached hydrogens (tertiary/aromatic N) is 3. The molecule has 5 nitrogen and oxygen atoms in total. The minimum Gasteiger partial charge on any atom is -0.312 e. The molecular formula is C13H21N3O2. The number of carbonyl (C=O) groups is 2. The van der Waals surface area contributed by atoms with E-state index in [0.29, 0.717) is 0 Å². The summed E-state index contributed by atoms with van der Waals surface area (Å²) in [5.74, 6) is -1.09. The summed E-state index contributed by atoms with van der Waals surface area (Å²) < 4.78 is 0. The fourth-order valence-electron chi connectivity index (χ4n) is 1.38. The quantitative estimate of drug-likeness (QED) is 0.519. The lowest BCUT2D eigenvalue weighted by atomic mass is 9.82. The van der Waals surface area contributed by atoms with E-state index in [-0.39, 0.29) is 17.5 Å². The van der Waals surface area contributed by atoms with Crippen molar-refractivity contribution < 1.29 is 9.59 Å². The normalized spacial score (nSPS) is 21.4. The first-order valence-electron chi connectivity index (χ1n) is 5.65. The highest BCUT2D eigenvalue weighted by atomic mass is 16.2. The van der Waals surface area contributed by atoms with Crippen LogP contribution in [0.15, 0.2) is 12.3 Å². The zero-order chi connectivity index (χ0) is 14.7. The highest BCUT2D eigenvalue weighted by molar-refractivity contribution is 6.08. The smallest absolute Gasteiger partial charge is 0.240 e. The first-order chi connectivity index (χ1) is 8.07. The molecule has 1 aliphatic rings. The van der Waals surface area contributed by atoms with Crippen LogP contribution in [0, 0.1) is 22.7 Å². The van der Waals surface area contributed by atoms with Gasteiger partial charge in [0.1, 0.15) is 11.8 Å². The van der Waals surface area contributed by atoms with Crippen molar-refractivity contribution >= 4 is 11.8 Å². The molecule has 1 unspecified atom stereocenters. The number of amides is 2. The molecule has 1 rings (SSSR count). The third kappa shape index (κ3) is 3.17. The predicted molar refractivity (Wildman–Crippen MR) is 69.2 cm³/mol. The highest BCUT2D eigenvalue weighted by Crippen LogP contribution is 2.38. The van der Waals surface area contributed by atoms with Gasteiger partial charge >= 0.3 is 0 Å². The molecule has 0 bridgehead atoms. The van der Waals surface area contributed by atoms with Gasteiger partial charge in [0.25, 0.3) is 0 Å². The van der Waals surface area contributed by atoms with Crippen molar-refractivity contribution in [3.8, 4) is 6.07 Å². The van der Waals surface area contributed by atoms with Gasteiger partial charge in [-0.15, -0.1) is 0 Å². The molecule has 0 radical (unpaired) electrons. The molecule has 0 aromatic heterocycles. The summed E-state index contributed by atoms with van der Waals surface area (Å²) in [4.78, 5) is 26.2. The fourth-order valence-corrected chi connectivity index (χ4v) is 1.38. The molecule has 5 heteroatoms. The van der Waals surface area contributed by atoms with Crippen molar-refractivity contribution in [2.24, 2.45) is 11.3 Å². The van der Waals surface area contributed by atoms with E-state index in [1.54, 1.807) is 26.8 Å². The van der Waals surface area contributed by atoms with E-state index in [1.165, 1.54) is 0 Å². The van der Waals surface area contributed by atoms with Gasteiger partial charge in [0.05, 0.1) is 11.3 Å². The first kappa shape index (κ1) is 16.3. The summed E-state index contributed by atoms with van der Waals surface area (Å²) in [7, 11) is 6.00. The third-order valence-corrected chi connectivity index (χ3v) is 2.83. The maximum absolute atomic E-state index is 11.7. The third-order valence-electron chi connectivity index (χ3n) is 2.83. The van der Waals surface area contributed by atoms with Crippen LogP contribution in [-0.2, 0) is 9.59 Å². The van der Waals surface area contributed by atoms with Crippen LogP contribution in [0.3, 0.4) is 0 Å². The molecule has 100 valence electrons. The maximum atomic E-state index is 11.7. The monoisotopic (exact) mass is 251 g/mol. The Morgan fingerprint density at radius 3 is 2.00 bits per heavy atom. The number of imide groups is 1. The van der Waals surface area contributed by atoms with Gasteiger partial charge in [-0.1, -0.05) is 27.4 Å². The molecule has 1 fully saturated rings. The molecule has 0 saturated carbocycles. The SMILES string of the molecule is C=C(C#N)N1C(=O)C(C)C(C)(C)C1=O.CN(C)C. The van der Waals surface area contributed by atoms with E-state index in [2.05, 4.69) is 6.58 Å². The lowest BCUT2D eigenvalue weighted by Crippen LogP contribution is -2.31. The van der Waals surface area contributed by atoms with Crippen LogP contribution in [0.1, 0.15) is 20.8 Å². The summed E-state index contributed by atoms with van der Waals surface area (Å²) in [6.45, 7) is 8.46. The number of hydrogen-bond acceptors (Lipinski definition) is 4. The minimum atomic E-state index is -0.739. The number of rotatable bonds is 1. The predicted octanol–water partition coefficient (Wildman–Crippen LogP) is 1.23. The van der Waals surface area contributed by atoms with E-state index in [1.807, 2.05) is 26.0 Å². The average Bonchev–Trinajstić information content (AvgIpc) is 2.39. The van der Waals surface area contributed by atoms with E-state index in [9.17, 15) is 9.59 Å². The Labute approximate surface area is 109 Å².